The predicted molar refractivity (Wildman–Crippen MR) is 64.4 cm³/mol. The van der Waals surface area contributed by atoms with Crippen molar-refractivity contribution in [3.63, 3.8) is 0 Å². The minimum Gasteiger partial charge on any atom is -0.348 e. The van der Waals surface area contributed by atoms with E-state index in [4.69, 9.17) is 0 Å². The topological polar surface area (TPSA) is 49.0 Å². The molecular weight excluding hydrogens is 258 g/mol. The summed E-state index contributed by atoms with van der Waals surface area (Å²) in [6.45, 7) is 0. The summed E-state index contributed by atoms with van der Waals surface area (Å²) in [5.74, 6) is 0.561. The highest BCUT2D eigenvalue weighted by Gasteiger charge is 2.04. The Labute approximate surface area is 95.1 Å². The van der Waals surface area contributed by atoms with E-state index in [1.807, 2.05) is 26.2 Å². The molecule has 1 N–H and O–H groups in total. The fourth-order valence-electron chi connectivity index (χ4n) is 1.31. The summed E-state index contributed by atoms with van der Waals surface area (Å²) in [6.07, 6.45) is 0. The van der Waals surface area contributed by atoms with Crippen molar-refractivity contribution in [1.29, 1.82) is 0 Å². The molecule has 1 aromatic carbocycles. The zero-order valence-electron chi connectivity index (χ0n) is 8.41. The van der Waals surface area contributed by atoms with E-state index in [2.05, 4.69) is 25.9 Å². The Kier molecular flexibility index (Phi) is 2.48. The minimum atomic E-state index is -0.115. The largest absolute Gasteiger partial charge is 0.348 e. The number of aromatic nitrogens is 2. The van der Waals surface area contributed by atoms with Gasteiger partial charge in [-0.3, -0.25) is 9.78 Å². The molecular formula is C10H10BrN3O. The van der Waals surface area contributed by atoms with Gasteiger partial charge in [0.05, 0.1) is 10.9 Å². The van der Waals surface area contributed by atoms with Crippen molar-refractivity contribution in [3.8, 4) is 0 Å². The maximum absolute atomic E-state index is 11.7. The smallest absolute Gasteiger partial charge is 0.260 e. The first-order valence-electron chi connectivity index (χ1n) is 4.45. The molecule has 0 spiro atoms. The number of benzene rings is 1. The van der Waals surface area contributed by atoms with Crippen molar-refractivity contribution in [2.45, 2.75) is 0 Å². The molecule has 0 saturated carbocycles. The van der Waals surface area contributed by atoms with Gasteiger partial charge in [-0.15, -0.1) is 0 Å². The molecule has 0 aliphatic carbocycles. The van der Waals surface area contributed by atoms with Crippen molar-refractivity contribution in [2.24, 2.45) is 0 Å². The summed E-state index contributed by atoms with van der Waals surface area (Å²) in [5, 5.41) is 0.601. The van der Waals surface area contributed by atoms with Gasteiger partial charge in [-0.2, -0.15) is 0 Å². The van der Waals surface area contributed by atoms with Crippen LogP contribution in [-0.4, -0.2) is 24.1 Å². The summed E-state index contributed by atoms with van der Waals surface area (Å²) in [5.41, 5.74) is 0.577. The molecule has 2 aromatic rings. The molecule has 0 aliphatic rings. The average molecular weight is 268 g/mol. The number of H-pyrrole nitrogens is 1. The van der Waals surface area contributed by atoms with E-state index in [9.17, 15) is 4.79 Å². The Morgan fingerprint density at radius 3 is 2.80 bits per heavy atom. The van der Waals surface area contributed by atoms with Gasteiger partial charge in [0.25, 0.3) is 5.56 Å². The van der Waals surface area contributed by atoms with Crippen LogP contribution in [0.1, 0.15) is 0 Å². The van der Waals surface area contributed by atoms with Crippen molar-refractivity contribution >= 4 is 32.8 Å². The number of hydrogen-bond donors (Lipinski definition) is 1. The van der Waals surface area contributed by atoms with Gasteiger partial charge in [-0.1, -0.05) is 15.9 Å². The number of hydrogen-bond acceptors (Lipinski definition) is 3. The van der Waals surface area contributed by atoms with Gasteiger partial charge in [0.1, 0.15) is 0 Å². The van der Waals surface area contributed by atoms with Crippen LogP contribution in [0, 0.1) is 0 Å². The first kappa shape index (κ1) is 10.2. The third-order valence-electron chi connectivity index (χ3n) is 2.08. The van der Waals surface area contributed by atoms with E-state index in [-0.39, 0.29) is 5.56 Å². The molecule has 0 amide bonds. The monoisotopic (exact) mass is 267 g/mol. The number of halogens is 1. The predicted octanol–water partition coefficient (Wildman–Crippen LogP) is 1.75. The van der Waals surface area contributed by atoms with E-state index in [1.54, 1.807) is 11.0 Å². The third-order valence-corrected chi connectivity index (χ3v) is 2.57. The van der Waals surface area contributed by atoms with Crippen LogP contribution in [0.3, 0.4) is 0 Å². The molecule has 0 saturated heterocycles. The van der Waals surface area contributed by atoms with E-state index in [1.165, 1.54) is 0 Å². The van der Waals surface area contributed by atoms with Gasteiger partial charge >= 0.3 is 0 Å². The summed E-state index contributed by atoms with van der Waals surface area (Å²) in [4.78, 5) is 20.5. The second kappa shape index (κ2) is 3.66. The number of fused-ring (bicyclic) bond motifs is 1. The van der Waals surface area contributed by atoms with Crippen LogP contribution in [-0.2, 0) is 0 Å². The molecule has 5 heteroatoms. The van der Waals surface area contributed by atoms with Gasteiger partial charge in [0, 0.05) is 18.6 Å². The van der Waals surface area contributed by atoms with E-state index in [0.29, 0.717) is 16.9 Å². The zero-order chi connectivity index (χ0) is 11.0. The first-order chi connectivity index (χ1) is 7.08. The molecule has 0 radical (unpaired) electrons. The van der Waals surface area contributed by atoms with Crippen molar-refractivity contribution in [3.05, 3.63) is 33.0 Å². The minimum absolute atomic E-state index is 0.115. The van der Waals surface area contributed by atoms with Crippen LogP contribution in [0.2, 0.25) is 0 Å². The fourth-order valence-corrected chi connectivity index (χ4v) is 1.66. The van der Waals surface area contributed by atoms with Crippen molar-refractivity contribution in [2.75, 3.05) is 19.0 Å². The highest BCUT2D eigenvalue weighted by atomic mass is 79.9. The van der Waals surface area contributed by atoms with Crippen LogP contribution in [0.25, 0.3) is 10.9 Å². The lowest BCUT2D eigenvalue weighted by molar-refractivity contribution is 1.00. The zero-order valence-corrected chi connectivity index (χ0v) is 10.00. The van der Waals surface area contributed by atoms with Gasteiger partial charge in [0.15, 0.2) is 0 Å². The molecule has 0 atom stereocenters. The Hall–Kier alpha value is -1.36. The molecule has 15 heavy (non-hydrogen) atoms. The van der Waals surface area contributed by atoms with Crippen LogP contribution < -0.4 is 10.5 Å². The quantitative estimate of drug-likeness (QED) is 0.857. The summed E-state index contributed by atoms with van der Waals surface area (Å²) < 4.78 is 0.915. The Balaban J connectivity index is 2.80. The molecule has 2 rings (SSSR count). The lowest BCUT2D eigenvalue weighted by Crippen LogP contribution is -2.18. The number of nitrogens with one attached hydrogen (secondary N) is 1. The van der Waals surface area contributed by atoms with Gasteiger partial charge in [0.2, 0.25) is 5.95 Å². The highest BCUT2D eigenvalue weighted by Crippen LogP contribution is 2.16. The van der Waals surface area contributed by atoms with Gasteiger partial charge < -0.3 is 4.90 Å². The van der Waals surface area contributed by atoms with Gasteiger partial charge in [-0.05, 0) is 18.2 Å². The number of rotatable bonds is 1. The number of anilines is 1. The van der Waals surface area contributed by atoms with E-state index in [0.717, 1.165) is 4.47 Å². The molecule has 1 heterocycles. The fraction of sp³-hybridized carbons (Fsp3) is 0.200. The van der Waals surface area contributed by atoms with Crippen LogP contribution >= 0.6 is 15.9 Å². The average Bonchev–Trinajstić information content (AvgIpc) is 2.16. The SMILES string of the molecule is CN(C)c1nc2cc(Br)ccc2c(=O)[nH]1. The summed E-state index contributed by atoms with van der Waals surface area (Å²) >= 11 is 3.35. The highest BCUT2D eigenvalue weighted by molar-refractivity contribution is 9.10. The summed E-state index contributed by atoms with van der Waals surface area (Å²) in [6, 6.07) is 5.41. The lowest BCUT2D eigenvalue weighted by atomic mass is 10.2. The van der Waals surface area contributed by atoms with Crippen molar-refractivity contribution < 1.29 is 0 Å². The molecule has 0 fully saturated rings. The van der Waals surface area contributed by atoms with Gasteiger partial charge in [-0.25, -0.2) is 4.98 Å². The third kappa shape index (κ3) is 1.87. The van der Waals surface area contributed by atoms with E-state index < -0.39 is 0 Å². The maximum atomic E-state index is 11.7. The second-order valence-electron chi connectivity index (χ2n) is 3.45. The molecule has 78 valence electrons. The molecule has 0 unspecified atom stereocenters. The Morgan fingerprint density at radius 1 is 1.40 bits per heavy atom. The van der Waals surface area contributed by atoms with Crippen LogP contribution in [0.4, 0.5) is 5.95 Å². The molecule has 0 bridgehead atoms. The standard InChI is InChI=1S/C10H10BrN3O/c1-14(2)10-12-8-5-6(11)3-4-7(8)9(15)13-10/h3-5H,1-2H3,(H,12,13,15). The lowest BCUT2D eigenvalue weighted by Gasteiger charge is -2.10. The number of nitrogens with zero attached hydrogens (tertiary/aromatic N) is 2. The Bertz CT molecular complexity index is 562. The normalized spacial score (nSPS) is 10.6. The first-order valence-corrected chi connectivity index (χ1v) is 5.24. The molecule has 4 nitrogen and oxygen atoms in total. The Morgan fingerprint density at radius 2 is 2.13 bits per heavy atom. The van der Waals surface area contributed by atoms with E-state index >= 15 is 0 Å². The second-order valence-corrected chi connectivity index (χ2v) is 4.36. The van der Waals surface area contributed by atoms with Crippen LogP contribution in [0.5, 0.6) is 0 Å². The molecule has 0 aliphatic heterocycles. The maximum Gasteiger partial charge on any atom is 0.260 e. The molecule has 1 aromatic heterocycles. The summed E-state index contributed by atoms with van der Waals surface area (Å²) in [7, 11) is 3.67. The number of aromatic amines is 1. The van der Waals surface area contributed by atoms with Crippen LogP contribution in [0.15, 0.2) is 27.5 Å². The van der Waals surface area contributed by atoms with Crippen molar-refractivity contribution in [1.82, 2.24) is 9.97 Å².